The summed E-state index contributed by atoms with van der Waals surface area (Å²) in [4.78, 5) is 2.43. The number of ether oxygens (including phenoxy) is 1. The lowest BCUT2D eigenvalue weighted by Crippen LogP contribution is -2.50. The smallest absolute Gasteiger partial charge is 0.142 e. The van der Waals surface area contributed by atoms with Crippen LogP contribution in [0.4, 0.5) is 5.69 Å². The van der Waals surface area contributed by atoms with Gasteiger partial charge in [0.05, 0.1) is 12.8 Å². The van der Waals surface area contributed by atoms with Crippen LogP contribution >= 0.6 is 0 Å². The third-order valence-electron chi connectivity index (χ3n) is 3.86. The molecule has 0 aliphatic carbocycles. The van der Waals surface area contributed by atoms with Crippen LogP contribution in [0.3, 0.4) is 0 Å². The number of benzene rings is 1. The Labute approximate surface area is 116 Å². The number of methoxy groups -OCH3 is 1. The van der Waals surface area contributed by atoms with Crippen molar-refractivity contribution in [3.05, 3.63) is 23.8 Å². The average molecular weight is 262 g/mol. The molecule has 0 saturated carbocycles. The molecule has 3 heteroatoms. The third kappa shape index (κ3) is 3.03. The summed E-state index contributed by atoms with van der Waals surface area (Å²) in [6.07, 6.45) is 0. The fourth-order valence-corrected chi connectivity index (χ4v) is 2.58. The zero-order chi connectivity index (χ0) is 14.0. The van der Waals surface area contributed by atoms with E-state index < -0.39 is 0 Å². The van der Waals surface area contributed by atoms with Gasteiger partial charge in [0.15, 0.2) is 0 Å². The van der Waals surface area contributed by atoms with Gasteiger partial charge in [0, 0.05) is 25.7 Å². The van der Waals surface area contributed by atoms with Crippen LogP contribution in [0.25, 0.3) is 0 Å². The van der Waals surface area contributed by atoms with Crippen LogP contribution in [0.1, 0.15) is 33.3 Å². The number of hydrogen-bond acceptors (Lipinski definition) is 3. The maximum absolute atomic E-state index is 5.62. The summed E-state index contributed by atoms with van der Waals surface area (Å²) < 4.78 is 5.62. The second kappa shape index (κ2) is 5.41. The molecule has 106 valence electrons. The van der Waals surface area contributed by atoms with Crippen LogP contribution in [-0.4, -0.2) is 32.8 Å². The van der Waals surface area contributed by atoms with E-state index in [4.69, 9.17) is 4.74 Å². The first-order valence-electron chi connectivity index (χ1n) is 7.09. The van der Waals surface area contributed by atoms with E-state index in [1.807, 2.05) is 0 Å². The molecule has 1 fully saturated rings. The van der Waals surface area contributed by atoms with Gasteiger partial charge in [0.2, 0.25) is 0 Å². The quantitative estimate of drug-likeness (QED) is 0.887. The summed E-state index contributed by atoms with van der Waals surface area (Å²) >= 11 is 0. The standard InChI is InChI=1S/C16H26N2O/c1-12-11-17-8-9-18(12)14-7-6-13(16(2,3)4)10-15(14)19-5/h6-7,10,12,17H,8-9,11H2,1-5H3/t12-/m0/s1. The normalized spacial score (nSPS) is 20.5. The number of piperazine rings is 1. The summed E-state index contributed by atoms with van der Waals surface area (Å²) in [6, 6.07) is 7.13. The highest BCUT2D eigenvalue weighted by atomic mass is 16.5. The van der Waals surface area contributed by atoms with Crippen LogP contribution in [0, 0.1) is 0 Å². The molecule has 0 bridgehead atoms. The molecule has 1 heterocycles. The molecule has 0 unspecified atom stereocenters. The van der Waals surface area contributed by atoms with Crippen LogP contribution in [0.2, 0.25) is 0 Å². The van der Waals surface area contributed by atoms with Gasteiger partial charge in [-0.2, -0.15) is 0 Å². The molecule has 1 aliphatic heterocycles. The van der Waals surface area contributed by atoms with Crippen molar-refractivity contribution in [3.8, 4) is 5.75 Å². The van der Waals surface area contributed by atoms with Gasteiger partial charge >= 0.3 is 0 Å². The highest BCUT2D eigenvalue weighted by Gasteiger charge is 2.23. The van der Waals surface area contributed by atoms with Gasteiger partial charge in [0.1, 0.15) is 5.75 Å². The van der Waals surface area contributed by atoms with Crippen molar-refractivity contribution in [1.29, 1.82) is 0 Å². The number of nitrogens with one attached hydrogen (secondary N) is 1. The Morgan fingerprint density at radius 2 is 2.05 bits per heavy atom. The van der Waals surface area contributed by atoms with Crippen LogP contribution < -0.4 is 15.0 Å². The zero-order valence-electron chi connectivity index (χ0n) is 12.8. The van der Waals surface area contributed by atoms with Crippen molar-refractivity contribution >= 4 is 5.69 Å². The van der Waals surface area contributed by atoms with E-state index >= 15 is 0 Å². The Morgan fingerprint density at radius 1 is 1.32 bits per heavy atom. The van der Waals surface area contributed by atoms with Crippen LogP contribution in [0.15, 0.2) is 18.2 Å². The molecule has 2 rings (SSSR count). The van der Waals surface area contributed by atoms with Crippen molar-refractivity contribution in [3.63, 3.8) is 0 Å². The van der Waals surface area contributed by atoms with Crippen LogP contribution in [-0.2, 0) is 5.41 Å². The first-order valence-corrected chi connectivity index (χ1v) is 7.09. The lowest BCUT2D eigenvalue weighted by molar-refractivity contribution is 0.407. The minimum Gasteiger partial charge on any atom is -0.495 e. The first kappa shape index (κ1) is 14.2. The fraction of sp³-hybridized carbons (Fsp3) is 0.625. The van der Waals surface area contributed by atoms with Crippen LogP contribution in [0.5, 0.6) is 5.75 Å². The van der Waals surface area contributed by atoms with Crippen molar-refractivity contribution in [2.24, 2.45) is 0 Å². The molecular weight excluding hydrogens is 236 g/mol. The van der Waals surface area contributed by atoms with E-state index in [2.05, 4.69) is 56.1 Å². The Balaban J connectivity index is 2.35. The summed E-state index contributed by atoms with van der Waals surface area (Å²) in [5.41, 5.74) is 2.68. The number of hydrogen-bond donors (Lipinski definition) is 1. The molecule has 0 amide bonds. The van der Waals surface area contributed by atoms with E-state index in [0.717, 1.165) is 25.4 Å². The summed E-state index contributed by atoms with van der Waals surface area (Å²) in [5, 5.41) is 3.42. The lowest BCUT2D eigenvalue weighted by Gasteiger charge is -2.37. The summed E-state index contributed by atoms with van der Waals surface area (Å²) in [7, 11) is 1.76. The van der Waals surface area contributed by atoms with E-state index in [1.54, 1.807) is 7.11 Å². The van der Waals surface area contributed by atoms with Gasteiger partial charge < -0.3 is 15.0 Å². The zero-order valence-corrected chi connectivity index (χ0v) is 12.8. The summed E-state index contributed by atoms with van der Waals surface area (Å²) in [6.45, 7) is 12.0. The molecule has 1 saturated heterocycles. The Hall–Kier alpha value is -1.22. The Morgan fingerprint density at radius 3 is 2.63 bits per heavy atom. The fourth-order valence-electron chi connectivity index (χ4n) is 2.58. The molecule has 1 atom stereocenters. The summed E-state index contributed by atoms with van der Waals surface area (Å²) in [5.74, 6) is 0.987. The molecule has 19 heavy (non-hydrogen) atoms. The van der Waals surface area contributed by atoms with E-state index in [-0.39, 0.29) is 5.41 Å². The molecule has 0 spiro atoms. The van der Waals surface area contributed by atoms with Gasteiger partial charge in [-0.1, -0.05) is 26.8 Å². The highest BCUT2D eigenvalue weighted by molar-refractivity contribution is 5.61. The SMILES string of the molecule is COc1cc(C(C)(C)C)ccc1N1CCNC[C@@H]1C. The molecule has 1 N–H and O–H groups in total. The third-order valence-corrected chi connectivity index (χ3v) is 3.86. The number of nitrogens with zero attached hydrogens (tertiary/aromatic N) is 1. The van der Waals surface area contributed by atoms with Crippen molar-refractivity contribution in [2.75, 3.05) is 31.6 Å². The molecule has 3 nitrogen and oxygen atoms in total. The number of anilines is 1. The average Bonchev–Trinajstić information content (AvgIpc) is 2.37. The van der Waals surface area contributed by atoms with Gasteiger partial charge in [0.25, 0.3) is 0 Å². The Bertz CT molecular complexity index is 437. The minimum atomic E-state index is 0.154. The molecule has 0 radical (unpaired) electrons. The molecule has 1 aromatic carbocycles. The maximum atomic E-state index is 5.62. The van der Waals surface area contributed by atoms with Gasteiger partial charge in [-0.05, 0) is 30.0 Å². The van der Waals surface area contributed by atoms with E-state index in [9.17, 15) is 0 Å². The van der Waals surface area contributed by atoms with E-state index in [1.165, 1.54) is 11.3 Å². The highest BCUT2D eigenvalue weighted by Crippen LogP contribution is 2.34. The van der Waals surface area contributed by atoms with Crippen molar-refractivity contribution in [1.82, 2.24) is 5.32 Å². The maximum Gasteiger partial charge on any atom is 0.142 e. The van der Waals surface area contributed by atoms with Crippen molar-refractivity contribution < 1.29 is 4.74 Å². The monoisotopic (exact) mass is 262 g/mol. The van der Waals surface area contributed by atoms with Crippen molar-refractivity contribution in [2.45, 2.75) is 39.2 Å². The largest absolute Gasteiger partial charge is 0.495 e. The molecule has 0 aromatic heterocycles. The predicted molar refractivity (Wildman–Crippen MR) is 81.4 cm³/mol. The first-order chi connectivity index (χ1) is 8.93. The number of rotatable bonds is 2. The lowest BCUT2D eigenvalue weighted by atomic mass is 9.86. The van der Waals surface area contributed by atoms with Gasteiger partial charge in [-0.15, -0.1) is 0 Å². The second-order valence-corrected chi connectivity index (χ2v) is 6.38. The van der Waals surface area contributed by atoms with Gasteiger partial charge in [-0.3, -0.25) is 0 Å². The minimum absolute atomic E-state index is 0.154. The van der Waals surface area contributed by atoms with E-state index in [0.29, 0.717) is 6.04 Å². The van der Waals surface area contributed by atoms with Gasteiger partial charge in [-0.25, -0.2) is 0 Å². The molecular formula is C16H26N2O. The second-order valence-electron chi connectivity index (χ2n) is 6.38. The predicted octanol–water partition coefficient (Wildman–Crippen LogP) is 2.79. The molecule has 1 aromatic rings. The Kier molecular flexibility index (Phi) is 4.04. The molecule has 1 aliphatic rings. The topological polar surface area (TPSA) is 24.5 Å².